The molecule has 2 aromatic rings. The fourth-order valence-electron chi connectivity index (χ4n) is 2.68. The zero-order valence-electron chi connectivity index (χ0n) is 13.1. The highest BCUT2D eigenvalue weighted by Gasteiger charge is 2.28. The Morgan fingerprint density at radius 2 is 2.20 bits per heavy atom. The first-order valence-electron chi connectivity index (χ1n) is 7.49. The van der Waals surface area contributed by atoms with Crippen LogP contribution in [0.2, 0.25) is 5.02 Å². The molecule has 1 amide bonds. The molecule has 7 nitrogen and oxygen atoms in total. The Morgan fingerprint density at radius 3 is 2.96 bits per heavy atom. The number of nitrogens with zero attached hydrogens (tertiary/aromatic N) is 4. The highest BCUT2D eigenvalue weighted by atomic mass is 35.5. The Bertz CT molecular complexity index is 815. The summed E-state index contributed by atoms with van der Waals surface area (Å²) in [5.74, 6) is 0.345. The SMILES string of the molecule is Nc1ncnc(-c2cc(Cl)cc([C@@H]3COCCN3C(=O)/C=C/Cl)c2)n1. The Morgan fingerprint density at radius 1 is 1.36 bits per heavy atom. The first-order valence-corrected chi connectivity index (χ1v) is 8.30. The van der Waals surface area contributed by atoms with Gasteiger partial charge in [0.05, 0.1) is 19.3 Å². The van der Waals surface area contributed by atoms with Crippen molar-refractivity contribution in [2.24, 2.45) is 0 Å². The monoisotopic (exact) mass is 379 g/mol. The molecule has 3 rings (SSSR count). The number of rotatable bonds is 3. The molecule has 130 valence electrons. The van der Waals surface area contributed by atoms with Gasteiger partial charge in [-0.25, -0.2) is 9.97 Å². The van der Waals surface area contributed by atoms with Crippen LogP contribution in [0.15, 0.2) is 36.1 Å². The molecule has 0 saturated carbocycles. The van der Waals surface area contributed by atoms with Gasteiger partial charge in [-0.05, 0) is 23.8 Å². The molecule has 1 saturated heterocycles. The van der Waals surface area contributed by atoms with E-state index in [9.17, 15) is 4.79 Å². The molecule has 0 bridgehead atoms. The van der Waals surface area contributed by atoms with Crippen molar-refractivity contribution in [1.29, 1.82) is 0 Å². The molecule has 1 aromatic heterocycles. The van der Waals surface area contributed by atoms with Crippen LogP contribution < -0.4 is 5.73 Å². The predicted molar refractivity (Wildman–Crippen MR) is 95.0 cm³/mol. The number of morpholine rings is 1. The summed E-state index contributed by atoms with van der Waals surface area (Å²) in [4.78, 5) is 26.0. The second-order valence-electron chi connectivity index (χ2n) is 5.36. The molecular formula is C16H15Cl2N5O2. The van der Waals surface area contributed by atoms with Crippen molar-refractivity contribution in [1.82, 2.24) is 19.9 Å². The van der Waals surface area contributed by atoms with E-state index in [-0.39, 0.29) is 17.9 Å². The fourth-order valence-corrected chi connectivity index (χ4v) is 3.03. The Labute approximate surface area is 154 Å². The van der Waals surface area contributed by atoms with E-state index < -0.39 is 0 Å². The average Bonchev–Trinajstić information content (AvgIpc) is 2.61. The third kappa shape index (κ3) is 4.07. The number of halogens is 2. The zero-order valence-corrected chi connectivity index (χ0v) is 14.6. The van der Waals surface area contributed by atoms with Crippen LogP contribution in [-0.4, -0.2) is 45.5 Å². The number of amides is 1. The number of anilines is 1. The maximum Gasteiger partial charge on any atom is 0.248 e. The van der Waals surface area contributed by atoms with Gasteiger partial charge in [-0.3, -0.25) is 4.79 Å². The van der Waals surface area contributed by atoms with Crippen LogP contribution in [0, 0.1) is 0 Å². The van der Waals surface area contributed by atoms with Gasteiger partial charge in [-0.2, -0.15) is 4.98 Å². The number of hydrogen-bond acceptors (Lipinski definition) is 6. The highest BCUT2D eigenvalue weighted by molar-refractivity contribution is 6.31. The number of ether oxygens (including phenoxy) is 1. The molecule has 2 N–H and O–H groups in total. The smallest absolute Gasteiger partial charge is 0.248 e. The maximum absolute atomic E-state index is 12.3. The van der Waals surface area contributed by atoms with Gasteiger partial charge in [0.2, 0.25) is 11.9 Å². The first-order chi connectivity index (χ1) is 12.1. The van der Waals surface area contributed by atoms with Crippen molar-refractivity contribution < 1.29 is 9.53 Å². The molecule has 1 aliphatic heterocycles. The molecule has 1 atom stereocenters. The Hall–Kier alpha value is -2.22. The number of hydrogen-bond donors (Lipinski definition) is 1. The molecule has 1 fully saturated rings. The van der Waals surface area contributed by atoms with E-state index in [1.165, 1.54) is 17.9 Å². The van der Waals surface area contributed by atoms with Crippen molar-refractivity contribution in [3.63, 3.8) is 0 Å². The normalized spacial score (nSPS) is 17.8. The van der Waals surface area contributed by atoms with Crippen LogP contribution in [0.4, 0.5) is 5.95 Å². The van der Waals surface area contributed by atoms with E-state index in [0.29, 0.717) is 36.2 Å². The lowest BCUT2D eigenvalue weighted by atomic mass is 10.0. The second-order valence-corrected chi connectivity index (χ2v) is 6.04. The van der Waals surface area contributed by atoms with Gasteiger partial charge in [0.25, 0.3) is 0 Å². The molecule has 1 aromatic carbocycles. The minimum atomic E-state index is -0.286. The molecule has 0 spiro atoms. The van der Waals surface area contributed by atoms with E-state index in [2.05, 4.69) is 15.0 Å². The van der Waals surface area contributed by atoms with Crippen molar-refractivity contribution in [2.45, 2.75) is 6.04 Å². The molecule has 9 heteroatoms. The van der Waals surface area contributed by atoms with Gasteiger partial charge < -0.3 is 15.4 Å². The fraction of sp³-hybridized carbons (Fsp3) is 0.250. The summed E-state index contributed by atoms with van der Waals surface area (Å²) in [5, 5.41) is 0.498. The minimum absolute atomic E-state index is 0.122. The summed E-state index contributed by atoms with van der Waals surface area (Å²) >= 11 is 11.8. The van der Waals surface area contributed by atoms with E-state index in [0.717, 1.165) is 5.56 Å². The highest BCUT2D eigenvalue weighted by Crippen LogP contribution is 2.30. The quantitative estimate of drug-likeness (QED) is 0.822. The summed E-state index contributed by atoms with van der Waals surface area (Å²) in [6, 6.07) is 5.10. The number of aromatic nitrogens is 3. The van der Waals surface area contributed by atoms with Crippen LogP contribution in [0.5, 0.6) is 0 Å². The third-order valence-electron chi connectivity index (χ3n) is 3.77. The number of nitrogen functional groups attached to an aromatic ring is 1. The van der Waals surface area contributed by atoms with Crippen LogP contribution in [0.3, 0.4) is 0 Å². The molecule has 25 heavy (non-hydrogen) atoms. The van der Waals surface area contributed by atoms with Crippen LogP contribution in [0.1, 0.15) is 11.6 Å². The first kappa shape index (κ1) is 17.6. The lowest BCUT2D eigenvalue weighted by Crippen LogP contribution is -2.42. The van der Waals surface area contributed by atoms with Crippen molar-refractivity contribution in [2.75, 3.05) is 25.5 Å². The third-order valence-corrected chi connectivity index (χ3v) is 4.11. The van der Waals surface area contributed by atoms with Gasteiger partial charge in [0.1, 0.15) is 6.33 Å². The molecule has 2 heterocycles. The second kappa shape index (κ2) is 7.77. The Kier molecular flexibility index (Phi) is 5.47. The van der Waals surface area contributed by atoms with Gasteiger partial charge >= 0.3 is 0 Å². The predicted octanol–water partition coefficient (Wildman–Crippen LogP) is 2.43. The van der Waals surface area contributed by atoms with Crippen molar-refractivity contribution >= 4 is 35.1 Å². The minimum Gasteiger partial charge on any atom is -0.377 e. The van der Waals surface area contributed by atoms with Crippen LogP contribution >= 0.6 is 23.2 Å². The number of benzene rings is 1. The number of carbonyl (C=O) groups excluding carboxylic acids is 1. The molecule has 0 aliphatic carbocycles. The van der Waals surface area contributed by atoms with E-state index >= 15 is 0 Å². The average molecular weight is 380 g/mol. The standard InChI is InChI=1S/C16H15Cl2N5O2/c17-2-1-14(24)23-3-4-25-8-13(23)10-5-11(7-12(18)6-10)15-20-9-21-16(19)22-15/h1-2,5-7,9,13H,3-4,8H2,(H2,19,20,21,22)/b2-1+/t13-/m0/s1. The van der Waals surface area contributed by atoms with Gasteiger partial charge in [0.15, 0.2) is 5.82 Å². The summed E-state index contributed by atoms with van der Waals surface area (Å²) in [7, 11) is 0. The Balaban J connectivity index is 1.99. The lowest BCUT2D eigenvalue weighted by Gasteiger charge is -2.35. The zero-order chi connectivity index (χ0) is 17.8. The summed E-state index contributed by atoms with van der Waals surface area (Å²) in [6.07, 6.45) is 2.65. The largest absolute Gasteiger partial charge is 0.377 e. The maximum atomic E-state index is 12.3. The van der Waals surface area contributed by atoms with E-state index in [4.69, 9.17) is 33.7 Å². The van der Waals surface area contributed by atoms with Crippen LogP contribution in [-0.2, 0) is 9.53 Å². The van der Waals surface area contributed by atoms with Gasteiger partial charge in [0, 0.05) is 28.7 Å². The van der Waals surface area contributed by atoms with Crippen molar-refractivity contribution in [3.8, 4) is 11.4 Å². The van der Waals surface area contributed by atoms with E-state index in [1.807, 2.05) is 6.07 Å². The van der Waals surface area contributed by atoms with Gasteiger partial charge in [-0.1, -0.05) is 23.2 Å². The topological polar surface area (TPSA) is 94.2 Å². The number of nitrogens with two attached hydrogens (primary N) is 1. The van der Waals surface area contributed by atoms with Gasteiger partial charge in [-0.15, -0.1) is 0 Å². The van der Waals surface area contributed by atoms with Crippen LogP contribution in [0.25, 0.3) is 11.4 Å². The molecular weight excluding hydrogens is 365 g/mol. The molecule has 0 radical (unpaired) electrons. The summed E-state index contributed by atoms with van der Waals surface area (Å²) in [6.45, 7) is 1.29. The summed E-state index contributed by atoms with van der Waals surface area (Å²) < 4.78 is 5.54. The van der Waals surface area contributed by atoms with Crippen molar-refractivity contribution in [3.05, 3.63) is 46.7 Å². The summed E-state index contributed by atoms with van der Waals surface area (Å²) in [5.41, 5.74) is 8.32. The number of carbonyl (C=O) groups is 1. The molecule has 1 aliphatic rings. The van der Waals surface area contributed by atoms with E-state index in [1.54, 1.807) is 17.0 Å². The molecule has 0 unspecified atom stereocenters. The lowest BCUT2D eigenvalue weighted by molar-refractivity contribution is -0.134.